The fourth-order valence-corrected chi connectivity index (χ4v) is 3.17. The highest BCUT2D eigenvalue weighted by Gasteiger charge is 2.38. The SMILES string of the molecule is CC(C)n1c(C(F)(F)F)nc2cc(C(=O)N3CCOCC3C(=O)O)ccc21. The van der Waals surface area contributed by atoms with Crippen LogP contribution in [0.2, 0.25) is 0 Å². The van der Waals surface area contributed by atoms with E-state index >= 15 is 0 Å². The number of alkyl halides is 3. The summed E-state index contributed by atoms with van der Waals surface area (Å²) < 4.78 is 46.1. The summed E-state index contributed by atoms with van der Waals surface area (Å²) >= 11 is 0. The predicted molar refractivity (Wildman–Crippen MR) is 88.4 cm³/mol. The number of hydrogen-bond acceptors (Lipinski definition) is 4. The number of carbonyl (C=O) groups excluding carboxylic acids is 1. The molecule has 10 heteroatoms. The molecule has 1 N–H and O–H groups in total. The monoisotopic (exact) mass is 385 g/mol. The Kier molecular flexibility index (Phi) is 4.85. The van der Waals surface area contributed by atoms with Gasteiger partial charge in [-0.2, -0.15) is 13.2 Å². The highest BCUT2D eigenvalue weighted by Crippen LogP contribution is 2.34. The molecule has 1 aliphatic heterocycles. The van der Waals surface area contributed by atoms with E-state index in [1.54, 1.807) is 13.8 Å². The summed E-state index contributed by atoms with van der Waals surface area (Å²) in [4.78, 5) is 28.9. The highest BCUT2D eigenvalue weighted by atomic mass is 19.4. The minimum atomic E-state index is -4.63. The van der Waals surface area contributed by atoms with Crippen molar-refractivity contribution in [2.45, 2.75) is 32.1 Å². The maximum atomic E-state index is 13.3. The van der Waals surface area contributed by atoms with Crippen LogP contribution in [0.25, 0.3) is 11.0 Å². The molecule has 146 valence electrons. The van der Waals surface area contributed by atoms with E-state index in [0.29, 0.717) is 0 Å². The number of morpholine rings is 1. The molecule has 1 atom stereocenters. The van der Waals surface area contributed by atoms with E-state index in [0.717, 1.165) is 9.47 Å². The quantitative estimate of drug-likeness (QED) is 0.878. The second kappa shape index (κ2) is 6.84. The van der Waals surface area contributed by atoms with Crippen molar-refractivity contribution in [3.8, 4) is 0 Å². The van der Waals surface area contributed by atoms with Crippen molar-refractivity contribution in [2.24, 2.45) is 0 Å². The molecule has 0 bridgehead atoms. The van der Waals surface area contributed by atoms with E-state index in [1.165, 1.54) is 18.2 Å². The van der Waals surface area contributed by atoms with Crippen LogP contribution in [0.5, 0.6) is 0 Å². The van der Waals surface area contributed by atoms with E-state index in [9.17, 15) is 27.9 Å². The molecule has 0 saturated carbocycles. The van der Waals surface area contributed by atoms with Crippen LogP contribution >= 0.6 is 0 Å². The molecular formula is C17H18F3N3O4. The van der Waals surface area contributed by atoms with E-state index in [1.807, 2.05) is 0 Å². The lowest BCUT2D eigenvalue weighted by atomic mass is 10.1. The summed E-state index contributed by atoms with van der Waals surface area (Å²) in [6, 6.07) is 2.44. The molecule has 7 nitrogen and oxygen atoms in total. The maximum Gasteiger partial charge on any atom is 0.449 e. The lowest BCUT2D eigenvalue weighted by molar-refractivity contribution is -0.148. The Morgan fingerprint density at radius 1 is 1.33 bits per heavy atom. The summed E-state index contributed by atoms with van der Waals surface area (Å²) in [5, 5.41) is 9.25. The van der Waals surface area contributed by atoms with Crippen molar-refractivity contribution in [1.29, 1.82) is 0 Å². The third-order valence-corrected chi connectivity index (χ3v) is 4.38. The summed E-state index contributed by atoms with van der Waals surface area (Å²) in [5.74, 6) is -2.82. The fraction of sp³-hybridized carbons (Fsp3) is 0.471. The zero-order valence-corrected chi connectivity index (χ0v) is 14.7. The average Bonchev–Trinajstić information content (AvgIpc) is 3.00. The van der Waals surface area contributed by atoms with Crippen LogP contribution in [0.3, 0.4) is 0 Å². The molecule has 1 aromatic heterocycles. The van der Waals surface area contributed by atoms with Crippen LogP contribution in [0.15, 0.2) is 18.2 Å². The van der Waals surface area contributed by atoms with Crippen molar-refractivity contribution in [3.63, 3.8) is 0 Å². The van der Waals surface area contributed by atoms with Gasteiger partial charge in [0.15, 0.2) is 6.04 Å². The second-order valence-electron chi connectivity index (χ2n) is 6.53. The van der Waals surface area contributed by atoms with Gasteiger partial charge in [0.05, 0.1) is 24.2 Å². The third-order valence-electron chi connectivity index (χ3n) is 4.38. The molecule has 1 aliphatic rings. The van der Waals surface area contributed by atoms with Gasteiger partial charge in [-0.1, -0.05) is 0 Å². The van der Waals surface area contributed by atoms with Gasteiger partial charge in [-0.05, 0) is 32.0 Å². The van der Waals surface area contributed by atoms with Crippen molar-refractivity contribution >= 4 is 22.9 Å². The summed E-state index contributed by atoms with van der Waals surface area (Å²) in [7, 11) is 0. The molecule has 1 fully saturated rings. The molecular weight excluding hydrogens is 367 g/mol. The zero-order valence-electron chi connectivity index (χ0n) is 14.7. The first-order valence-corrected chi connectivity index (χ1v) is 8.32. The Hall–Kier alpha value is -2.62. The standard InChI is InChI=1S/C17H18F3N3O4/c1-9(2)23-12-4-3-10(7-11(12)21-16(23)17(18,19)20)14(24)22-5-6-27-8-13(22)15(25)26/h3-4,7,9,13H,5-6,8H2,1-2H3,(H,25,26). The van der Waals surface area contributed by atoms with Crippen molar-refractivity contribution < 1.29 is 32.6 Å². The molecule has 1 amide bonds. The van der Waals surface area contributed by atoms with Crippen LogP contribution < -0.4 is 0 Å². The maximum absolute atomic E-state index is 13.3. The van der Waals surface area contributed by atoms with Crippen LogP contribution in [-0.2, 0) is 15.7 Å². The third kappa shape index (κ3) is 3.48. The normalized spacial score (nSPS) is 18.3. The van der Waals surface area contributed by atoms with Crippen LogP contribution in [0.4, 0.5) is 13.2 Å². The molecule has 0 radical (unpaired) electrons. The van der Waals surface area contributed by atoms with Gasteiger partial charge in [0.2, 0.25) is 5.82 Å². The Balaban J connectivity index is 2.04. The number of nitrogens with zero attached hydrogens (tertiary/aromatic N) is 3. The number of benzene rings is 1. The van der Waals surface area contributed by atoms with Gasteiger partial charge in [-0.3, -0.25) is 4.79 Å². The van der Waals surface area contributed by atoms with Crippen LogP contribution in [0.1, 0.15) is 36.1 Å². The number of hydrogen-bond donors (Lipinski definition) is 1. The second-order valence-corrected chi connectivity index (χ2v) is 6.53. The number of ether oxygens (including phenoxy) is 1. The number of amides is 1. The fourth-order valence-electron chi connectivity index (χ4n) is 3.17. The van der Waals surface area contributed by atoms with Gasteiger partial charge in [0, 0.05) is 18.2 Å². The minimum Gasteiger partial charge on any atom is -0.480 e. The van der Waals surface area contributed by atoms with E-state index in [2.05, 4.69) is 4.98 Å². The number of halogens is 3. The average molecular weight is 385 g/mol. The number of fused-ring (bicyclic) bond motifs is 1. The lowest BCUT2D eigenvalue weighted by Gasteiger charge is -2.32. The van der Waals surface area contributed by atoms with Gasteiger partial charge in [-0.25, -0.2) is 9.78 Å². The van der Waals surface area contributed by atoms with Gasteiger partial charge in [0.25, 0.3) is 5.91 Å². The molecule has 2 aromatic rings. The number of aromatic nitrogens is 2. The first-order chi connectivity index (χ1) is 12.6. The van der Waals surface area contributed by atoms with E-state index in [4.69, 9.17) is 4.74 Å². The number of carboxylic acids is 1. The van der Waals surface area contributed by atoms with Crippen molar-refractivity contribution in [1.82, 2.24) is 14.5 Å². The Labute approximate surface area is 152 Å². The number of carboxylic acid groups (broad SMARTS) is 1. The number of aliphatic carboxylic acids is 1. The first-order valence-electron chi connectivity index (χ1n) is 8.32. The first kappa shape index (κ1) is 19.2. The molecule has 2 heterocycles. The Bertz CT molecular complexity index is 891. The van der Waals surface area contributed by atoms with Crippen LogP contribution in [0, 0.1) is 0 Å². The predicted octanol–water partition coefficient (Wildman–Crippen LogP) is 2.56. The highest BCUT2D eigenvalue weighted by molar-refractivity contribution is 5.99. The molecule has 0 spiro atoms. The van der Waals surface area contributed by atoms with Gasteiger partial charge in [0.1, 0.15) is 0 Å². The van der Waals surface area contributed by atoms with Crippen LogP contribution in [-0.4, -0.2) is 57.2 Å². The Morgan fingerprint density at radius 2 is 2.04 bits per heavy atom. The molecule has 1 unspecified atom stereocenters. The smallest absolute Gasteiger partial charge is 0.449 e. The van der Waals surface area contributed by atoms with Gasteiger partial charge < -0.3 is 19.3 Å². The van der Waals surface area contributed by atoms with Crippen molar-refractivity contribution in [3.05, 3.63) is 29.6 Å². The lowest BCUT2D eigenvalue weighted by Crippen LogP contribution is -2.52. The molecule has 27 heavy (non-hydrogen) atoms. The minimum absolute atomic E-state index is 0.0296. The molecule has 0 aliphatic carbocycles. The van der Waals surface area contributed by atoms with Gasteiger partial charge >= 0.3 is 12.1 Å². The summed E-state index contributed by atoms with van der Waals surface area (Å²) in [6.07, 6.45) is -4.63. The van der Waals surface area contributed by atoms with Crippen molar-refractivity contribution in [2.75, 3.05) is 19.8 Å². The summed E-state index contributed by atoms with van der Waals surface area (Å²) in [5.41, 5.74) is 0.366. The number of carbonyl (C=O) groups is 2. The number of rotatable bonds is 3. The largest absolute Gasteiger partial charge is 0.480 e. The molecule has 3 rings (SSSR count). The van der Waals surface area contributed by atoms with E-state index < -0.39 is 36.0 Å². The Morgan fingerprint density at radius 3 is 2.63 bits per heavy atom. The van der Waals surface area contributed by atoms with Gasteiger partial charge in [-0.15, -0.1) is 0 Å². The topological polar surface area (TPSA) is 84.7 Å². The number of imidazole rings is 1. The van der Waals surface area contributed by atoms with E-state index in [-0.39, 0.29) is 36.4 Å². The molecule has 1 aromatic carbocycles. The zero-order chi connectivity index (χ0) is 19.9. The molecule has 1 saturated heterocycles. The summed E-state index contributed by atoms with van der Waals surface area (Å²) in [6.45, 7) is 3.37.